The van der Waals surface area contributed by atoms with Crippen molar-refractivity contribution in [2.45, 2.75) is 4.90 Å². The largest absolute Gasteiger partial charge is 0.399 e. The Kier molecular flexibility index (Phi) is 1.97. The number of rotatable bonds is 1. The van der Waals surface area contributed by atoms with E-state index in [1.165, 1.54) is 0 Å². The standard InChI is InChI=1S/C6H7NOS/c7-5-2-1-3-6(4-5)9-8/h1-4,8H,7H2. The summed E-state index contributed by atoms with van der Waals surface area (Å²) in [4.78, 5) is 0.773. The molecule has 0 heterocycles. The molecule has 3 N–H and O–H groups in total. The van der Waals surface area contributed by atoms with E-state index in [0.29, 0.717) is 17.7 Å². The van der Waals surface area contributed by atoms with E-state index in [-0.39, 0.29) is 0 Å². The van der Waals surface area contributed by atoms with Gasteiger partial charge < -0.3 is 10.3 Å². The van der Waals surface area contributed by atoms with Crippen LogP contribution >= 0.6 is 12.0 Å². The van der Waals surface area contributed by atoms with Crippen molar-refractivity contribution in [2.24, 2.45) is 0 Å². The van der Waals surface area contributed by atoms with Crippen LogP contribution in [0.3, 0.4) is 0 Å². The first kappa shape index (κ1) is 6.45. The Hall–Kier alpha value is -0.670. The molecule has 0 spiro atoms. The van der Waals surface area contributed by atoms with E-state index in [0.717, 1.165) is 4.90 Å². The highest BCUT2D eigenvalue weighted by Gasteiger charge is 1.88. The van der Waals surface area contributed by atoms with Gasteiger partial charge in [0, 0.05) is 22.6 Å². The van der Waals surface area contributed by atoms with Crippen LogP contribution in [0.15, 0.2) is 29.2 Å². The predicted octanol–water partition coefficient (Wildman–Crippen LogP) is 1.83. The van der Waals surface area contributed by atoms with Gasteiger partial charge in [-0.3, -0.25) is 0 Å². The normalized spacial score (nSPS) is 9.44. The lowest BCUT2D eigenvalue weighted by atomic mass is 10.3. The molecule has 0 aliphatic heterocycles. The summed E-state index contributed by atoms with van der Waals surface area (Å²) in [6.07, 6.45) is 0. The van der Waals surface area contributed by atoms with Gasteiger partial charge in [-0.15, -0.1) is 0 Å². The number of nitrogen functional groups attached to an aromatic ring is 1. The second-order valence-corrected chi connectivity index (χ2v) is 2.32. The maximum atomic E-state index is 8.52. The molecule has 9 heavy (non-hydrogen) atoms. The SMILES string of the molecule is Nc1cccc(SO)c1. The molecule has 1 rings (SSSR count). The summed E-state index contributed by atoms with van der Waals surface area (Å²) >= 11 is 0.703. The second kappa shape index (κ2) is 2.75. The fraction of sp³-hybridized carbons (Fsp3) is 0. The number of anilines is 1. The molecular weight excluding hydrogens is 134 g/mol. The number of hydrogen-bond acceptors (Lipinski definition) is 3. The molecule has 48 valence electrons. The van der Waals surface area contributed by atoms with E-state index < -0.39 is 0 Å². The van der Waals surface area contributed by atoms with Crippen molar-refractivity contribution in [3.63, 3.8) is 0 Å². The summed E-state index contributed by atoms with van der Waals surface area (Å²) in [6.45, 7) is 0. The monoisotopic (exact) mass is 141 g/mol. The summed E-state index contributed by atoms with van der Waals surface area (Å²) in [6, 6.07) is 7.08. The van der Waals surface area contributed by atoms with Crippen LogP contribution < -0.4 is 5.73 Å². The molecule has 0 unspecified atom stereocenters. The van der Waals surface area contributed by atoms with Crippen molar-refractivity contribution >= 4 is 17.7 Å². The van der Waals surface area contributed by atoms with Crippen molar-refractivity contribution in [3.05, 3.63) is 24.3 Å². The average Bonchev–Trinajstić information content (AvgIpc) is 1.88. The number of hydrogen-bond donors (Lipinski definition) is 2. The van der Waals surface area contributed by atoms with Gasteiger partial charge in [-0.05, 0) is 18.2 Å². The highest BCUT2D eigenvalue weighted by Crippen LogP contribution is 2.15. The zero-order valence-electron chi connectivity index (χ0n) is 4.74. The fourth-order valence-corrected chi connectivity index (χ4v) is 0.900. The van der Waals surface area contributed by atoms with Crippen LogP contribution in [0, 0.1) is 0 Å². The second-order valence-electron chi connectivity index (χ2n) is 1.66. The van der Waals surface area contributed by atoms with Gasteiger partial charge in [-0.1, -0.05) is 6.07 Å². The van der Waals surface area contributed by atoms with Gasteiger partial charge in [0.05, 0.1) is 0 Å². The number of nitrogens with two attached hydrogens (primary N) is 1. The van der Waals surface area contributed by atoms with Crippen molar-refractivity contribution in [3.8, 4) is 0 Å². The Bertz CT molecular complexity index is 202. The van der Waals surface area contributed by atoms with Crippen LogP contribution in [-0.4, -0.2) is 4.55 Å². The van der Waals surface area contributed by atoms with Gasteiger partial charge in [0.15, 0.2) is 0 Å². The maximum absolute atomic E-state index is 8.52. The van der Waals surface area contributed by atoms with Gasteiger partial charge in [0.1, 0.15) is 0 Å². The molecule has 3 heteroatoms. The summed E-state index contributed by atoms with van der Waals surface area (Å²) in [5, 5.41) is 0. The molecule has 0 fully saturated rings. The fourth-order valence-electron chi connectivity index (χ4n) is 0.571. The lowest BCUT2D eigenvalue weighted by Gasteiger charge is -1.93. The van der Waals surface area contributed by atoms with Crippen LogP contribution in [-0.2, 0) is 0 Å². The van der Waals surface area contributed by atoms with E-state index in [1.54, 1.807) is 24.3 Å². The van der Waals surface area contributed by atoms with Crippen LogP contribution in [0.2, 0.25) is 0 Å². The molecule has 0 saturated heterocycles. The lowest BCUT2D eigenvalue weighted by molar-refractivity contribution is 0.664. The van der Waals surface area contributed by atoms with E-state index in [9.17, 15) is 0 Å². The molecule has 0 amide bonds. The van der Waals surface area contributed by atoms with E-state index in [4.69, 9.17) is 10.3 Å². The third-order valence-electron chi connectivity index (χ3n) is 0.964. The minimum atomic E-state index is 0.675. The molecule has 0 bridgehead atoms. The van der Waals surface area contributed by atoms with Gasteiger partial charge in [-0.25, -0.2) is 0 Å². The predicted molar refractivity (Wildman–Crippen MR) is 39.3 cm³/mol. The van der Waals surface area contributed by atoms with Crippen molar-refractivity contribution in [2.75, 3.05) is 5.73 Å². The topological polar surface area (TPSA) is 46.2 Å². The summed E-state index contributed by atoms with van der Waals surface area (Å²) < 4.78 is 8.52. The van der Waals surface area contributed by atoms with Crippen LogP contribution in [0.4, 0.5) is 5.69 Å². The van der Waals surface area contributed by atoms with Crippen molar-refractivity contribution in [1.82, 2.24) is 0 Å². The third kappa shape index (κ3) is 1.62. The average molecular weight is 141 g/mol. The van der Waals surface area contributed by atoms with E-state index in [2.05, 4.69) is 0 Å². The minimum absolute atomic E-state index is 0.675. The van der Waals surface area contributed by atoms with E-state index in [1.807, 2.05) is 0 Å². The number of benzene rings is 1. The first-order valence-electron chi connectivity index (χ1n) is 2.50. The molecule has 2 nitrogen and oxygen atoms in total. The molecule has 1 aromatic carbocycles. The zero-order chi connectivity index (χ0) is 6.69. The molecule has 0 saturated carbocycles. The van der Waals surface area contributed by atoms with Crippen LogP contribution in [0.1, 0.15) is 0 Å². The Morgan fingerprint density at radius 3 is 2.67 bits per heavy atom. The molecule has 1 aromatic rings. The summed E-state index contributed by atoms with van der Waals surface area (Å²) in [7, 11) is 0. The molecule has 0 atom stereocenters. The van der Waals surface area contributed by atoms with Crippen molar-refractivity contribution < 1.29 is 4.55 Å². The van der Waals surface area contributed by atoms with Gasteiger partial charge in [-0.2, -0.15) is 0 Å². The van der Waals surface area contributed by atoms with Crippen LogP contribution in [0.5, 0.6) is 0 Å². The summed E-state index contributed by atoms with van der Waals surface area (Å²) in [5.74, 6) is 0. The molecule has 0 aliphatic carbocycles. The first-order chi connectivity index (χ1) is 4.33. The quantitative estimate of drug-likeness (QED) is 0.463. The van der Waals surface area contributed by atoms with Gasteiger partial charge in [0.2, 0.25) is 0 Å². The molecule has 0 radical (unpaired) electrons. The lowest BCUT2D eigenvalue weighted by Crippen LogP contribution is -1.82. The minimum Gasteiger partial charge on any atom is -0.399 e. The van der Waals surface area contributed by atoms with E-state index >= 15 is 0 Å². The first-order valence-corrected chi connectivity index (χ1v) is 3.27. The van der Waals surface area contributed by atoms with Crippen molar-refractivity contribution in [1.29, 1.82) is 0 Å². The Morgan fingerprint density at radius 1 is 1.44 bits per heavy atom. The zero-order valence-corrected chi connectivity index (χ0v) is 5.56. The van der Waals surface area contributed by atoms with Gasteiger partial charge >= 0.3 is 0 Å². The maximum Gasteiger partial charge on any atom is 0.0371 e. The summed E-state index contributed by atoms with van der Waals surface area (Å²) in [5.41, 5.74) is 6.08. The highest BCUT2D eigenvalue weighted by atomic mass is 32.2. The Morgan fingerprint density at radius 2 is 2.22 bits per heavy atom. The smallest absolute Gasteiger partial charge is 0.0371 e. The Balaban J connectivity index is 2.94. The third-order valence-corrected chi connectivity index (χ3v) is 1.43. The molecule has 0 aromatic heterocycles. The molecular formula is C6H7NOS. The van der Waals surface area contributed by atoms with Crippen LogP contribution in [0.25, 0.3) is 0 Å². The highest BCUT2D eigenvalue weighted by molar-refractivity contribution is 7.93. The van der Waals surface area contributed by atoms with Gasteiger partial charge in [0.25, 0.3) is 0 Å². The molecule has 0 aliphatic rings. The Labute approximate surface area is 57.9 Å².